The lowest BCUT2D eigenvalue weighted by Gasteiger charge is -2.14. The van der Waals surface area contributed by atoms with E-state index < -0.39 is 0 Å². The van der Waals surface area contributed by atoms with E-state index in [0.717, 1.165) is 34.2 Å². The molecule has 7 nitrogen and oxygen atoms in total. The third kappa shape index (κ3) is 3.88. The summed E-state index contributed by atoms with van der Waals surface area (Å²) in [6.07, 6.45) is 5.50. The van der Waals surface area contributed by atoms with Crippen LogP contribution in [0.2, 0.25) is 0 Å². The molecular weight excluding hydrogens is 316 g/mol. The molecule has 0 radical (unpaired) electrons. The van der Waals surface area contributed by atoms with Gasteiger partial charge >= 0.3 is 0 Å². The molecule has 0 saturated heterocycles. The minimum atomic E-state index is 0.615. The smallest absolute Gasteiger partial charge is 0.191 e. The number of aromatic nitrogens is 3. The first-order chi connectivity index (χ1) is 12.2. The quantitative estimate of drug-likeness (QED) is 0.551. The van der Waals surface area contributed by atoms with E-state index in [-0.39, 0.29) is 0 Å². The monoisotopic (exact) mass is 338 g/mol. The van der Waals surface area contributed by atoms with E-state index >= 15 is 0 Å². The van der Waals surface area contributed by atoms with Crippen molar-refractivity contribution in [1.29, 1.82) is 0 Å². The summed E-state index contributed by atoms with van der Waals surface area (Å²) in [7, 11) is 1.75. The Morgan fingerprint density at radius 2 is 2.00 bits per heavy atom. The van der Waals surface area contributed by atoms with E-state index in [9.17, 15) is 0 Å². The molecule has 25 heavy (non-hydrogen) atoms. The number of para-hydroxylation sites is 1. The van der Waals surface area contributed by atoms with Crippen LogP contribution in [0, 0.1) is 13.8 Å². The van der Waals surface area contributed by atoms with Crippen molar-refractivity contribution in [3.63, 3.8) is 0 Å². The molecule has 0 fully saturated rings. The van der Waals surface area contributed by atoms with Crippen LogP contribution in [0.3, 0.4) is 0 Å². The van der Waals surface area contributed by atoms with Crippen molar-refractivity contribution in [2.45, 2.75) is 26.9 Å². The van der Waals surface area contributed by atoms with Crippen molar-refractivity contribution < 1.29 is 4.52 Å². The summed E-state index contributed by atoms with van der Waals surface area (Å²) in [6, 6.07) is 8.20. The molecule has 7 heteroatoms. The minimum Gasteiger partial charge on any atom is -0.361 e. The van der Waals surface area contributed by atoms with Gasteiger partial charge in [0.25, 0.3) is 0 Å². The molecule has 0 unspecified atom stereocenters. The largest absolute Gasteiger partial charge is 0.361 e. The first-order valence-electron chi connectivity index (χ1n) is 8.11. The summed E-state index contributed by atoms with van der Waals surface area (Å²) >= 11 is 0. The van der Waals surface area contributed by atoms with E-state index in [1.165, 1.54) is 0 Å². The highest BCUT2D eigenvalue weighted by atomic mass is 16.5. The summed E-state index contributed by atoms with van der Waals surface area (Å²) in [5, 5.41) is 10.6. The summed E-state index contributed by atoms with van der Waals surface area (Å²) in [5.41, 5.74) is 4.20. The van der Waals surface area contributed by atoms with Crippen LogP contribution in [0.15, 0.2) is 52.5 Å². The third-order valence-electron chi connectivity index (χ3n) is 4.06. The fourth-order valence-electron chi connectivity index (χ4n) is 2.64. The average Bonchev–Trinajstić information content (AvgIpc) is 3.27. The summed E-state index contributed by atoms with van der Waals surface area (Å²) in [5.74, 6) is 1.55. The first-order valence-corrected chi connectivity index (χ1v) is 8.11. The number of imidazole rings is 1. The van der Waals surface area contributed by atoms with Crippen LogP contribution in [-0.4, -0.2) is 27.7 Å². The molecule has 130 valence electrons. The van der Waals surface area contributed by atoms with E-state index in [1.54, 1.807) is 19.6 Å². The number of benzene rings is 1. The normalized spacial score (nSPS) is 11.6. The number of nitrogens with zero attached hydrogens (tertiary/aromatic N) is 4. The Hall–Kier alpha value is -3.09. The molecule has 1 aromatic carbocycles. The summed E-state index contributed by atoms with van der Waals surface area (Å²) < 4.78 is 7.19. The zero-order valence-electron chi connectivity index (χ0n) is 14.7. The Balaban J connectivity index is 1.64. The van der Waals surface area contributed by atoms with Gasteiger partial charge in [0.05, 0.1) is 17.7 Å². The van der Waals surface area contributed by atoms with Gasteiger partial charge in [-0.25, -0.2) is 4.98 Å². The maximum atomic E-state index is 5.19. The van der Waals surface area contributed by atoms with E-state index in [0.29, 0.717) is 13.1 Å². The second-order valence-electron chi connectivity index (χ2n) is 5.68. The van der Waals surface area contributed by atoms with Crippen LogP contribution in [0.1, 0.15) is 22.6 Å². The molecule has 2 heterocycles. The first kappa shape index (κ1) is 16.8. The molecule has 2 aromatic heterocycles. The van der Waals surface area contributed by atoms with Crippen molar-refractivity contribution in [3.05, 3.63) is 65.6 Å². The number of hydrogen-bond acceptors (Lipinski definition) is 4. The lowest BCUT2D eigenvalue weighted by Crippen LogP contribution is -2.36. The van der Waals surface area contributed by atoms with E-state index in [1.807, 2.05) is 36.7 Å². The molecule has 3 aromatic rings. The van der Waals surface area contributed by atoms with Crippen molar-refractivity contribution in [2.75, 3.05) is 7.05 Å². The fourth-order valence-corrected chi connectivity index (χ4v) is 2.64. The molecule has 0 spiro atoms. The standard InChI is InChI=1S/C18H22N6O/c1-13-16(14(2)25-23-13)11-22-18(19-3)21-10-15-6-4-5-7-17(15)24-9-8-20-12-24/h4-9,12H,10-11H2,1-3H3,(H2,19,21,22). The molecule has 2 N–H and O–H groups in total. The van der Waals surface area contributed by atoms with Crippen molar-refractivity contribution in [2.24, 2.45) is 4.99 Å². The molecule has 0 aliphatic rings. The minimum absolute atomic E-state index is 0.615. The van der Waals surface area contributed by atoms with Crippen molar-refractivity contribution >= 4 is 5.96 Å². The number of hydrogen-bond donors (Lipinski definition) is 2. The second kappa shape index (κ2) is 7.65. The molecule has 0 amide bonds. The Kier molecular flexibility index (Phi) is 5.13. The van der Waals surface area contributed by atoms with Crippen molar-refractivity contribution in [3.8, 4) is 5.69 Å². The molecular formula is C18H22N6O. The van der Waals surface area contributed by atoms with Crippen LogP contribution in [0.25, 0.3) is 5.69 Å². The highest BCUT2D eigenvalue weighted by Crippen LogP contribution is 2.14. The van der Waals surface area contributed by atoms with Crippen LogP contribution in [0.4, 0.5) is 0 Å². The zero-order chi connectivity index (χ0) is 17.6. The molecule has 3 rings (SSSR count). The number of rotatable bonds is 5. The van der Waals surface area contributed by atoms with Crippen LogP contribution in [-0.2, 0) is 13.1 Å². The Morgan fingerprint density at radius 3 is 2.68 bits per heavy atom. The predicted molar refractivity (Wildman–Crippen MR) is 96.6 cm³/mol. The van der Waals surface area contributed by atoms with Crippen LogP contribution >= 0.6 is 0 Å². The highest BCUT2D eigenvalue weighted by Gasteiger charge is 2.10. The van der Waals surface area contributed by atoms with Gasteiger partial charge in [0.2, 0.25) is 0 Å². The van der Waals surface area contributed by atoms with Crippen LogP contribution in [0.5, 0.6) is 0 Å². The van der Waals surface area contributed by atoms with Gasteiger partial charge in [-0.1, -0.05) is 23.4 Å². The number of nitrogens with one attached hydrogen (secondary N) is 2. The lowest BCUT2D eigenvalue weighted by molar-refractivity contribution is 0.392. The van der Waals surface area contributed by atoms with Gasteiger partial charge in [0.1, 0.15) is 5.76 Å². The van der Waals surface area contributed by atoms with Crippen molar-refractivity contribution in [1.82, 2.24) is 25.3 Å². The van der Waals surface area contributed by atoms with Crippen LogP contribution < -0.4 is 10.6 Å². The van der Waals surface area contributed by atoms with Gasteiger partial charge in [-0.3, -0.25) is 4.99 Å². The maximum Gasteiger partial charge on any atom is 0.191 e. The SMILES string of the molecule is CN=C(NCc1ccccc1-n1ccnc1)NCc1c(C)noc1C. The molecule has 0 atom stereocenters. The number of guanidine groups is 1. The maximum absolute atomic E-state index is 5.19. The highest BCUT2D eigenvalue weighted by molar-refractivity contribution is 5.79. The number of aryl methyl sites for hydroxylation is 2. The average molecular weight is 338 g/mol. The second-order valence-corrected chi connectivity index (χ2v) is 5.68. The molecule has 0 bridgehead atoms. The van der Waals surface area contributed by atoms with Gasteiger partial charge in [-0.15, -0.1) is 0 Å². The zero-order valence-corrected chi connectivity index (χ0v) is 14.7. The molecule has 0 aliphatic carbocycles. The fraction of sp³-hybridized carbons (Fsp3) is 0.278. The van der Waals surface area contributed by atoms with Gasteiger partial charge < -0.3 is 19.7 Å². The molecule has 0 aliphatic heterocycles. The lowest BCUT2D eigenvalue weighted by atomic mass is 10.1. The third-order valence-corrected chi connectivity index (χ3v) is 4.06. The van der Waals surface area contributed by atoms with Gasteiger partial charge in [0, 0.05) is 38.1 Å². The predicted octanol–water partition coefficient (Wildman–Crippen LogP) is 2.34. The Labute approximate surface area is 146 Å². The topological polar surface area (TPSA) is 80.3 Å². The van der Waals surface area contributed by atoms with Gasteiger partial charge in [-0.2, -0.15) is 0 Å². The van der Waals surface area contributed by atoms with E-state index in [2.05, 4.69) is 37.9 Å². The number of aliphatic imine (C=N–C) groups is 1. The summed E-state index contributed by atoms with van der Waals surface area (Å²) in [6.45, 7) is 5.11. The van der Waals surface area contributed by atoms with Gasteiger partial charge in [0.15, 0.2) is 5.96 Å². The van der Waals surface area contributed by atoms with Gasteiger partial charge in [-0.05, 0) is 25.5 Å². The Bertz CT molecular complexity index is 831. The van der Waals surface area contributed by atoms with E-state index in [4.69, 9.17) is 4.52 Å². The molecule has 0 saturated carbocycles. The summed E-state index contributed by atoms with van der Waals surface area (Å²) in [4.78, 5) is 8.40. The Morgan fingerprint density at radius 1 is 1.20 bits per heavy atom.